The fourth-order valence-electron chi connectivity index (χ4n) is 3.25. The molecule has 0 saturated carbocycles. The van der Waals surface area contributed by atoms with E-state index < -0.39 is 11.9 Å². The van der Waals surface area contributed by atoms with Crippen molar-refractivity contribution in [3.8, 4) is 5.75 Å². The molecule has 3 rings (SSSR count). The van der Waals surface area contributed by atoms with Gasteiger partial charge in [0.25, 0.3) is 0 Å². The van der Waals surface area contributed by atoms with E-state index >= 15 is 0 Å². The molecular weight excluding hydrogens is 378 g/mol. The number of carbonyl (C=O) groups excluding carboxylic acids is 1. The predicted molar refractivity (Wildman–Crippen MR) is 105 cm³/mol. The number of ether oxygens (including phenoxy) is 1. The Kier molecular flexibility index (Phi) is 7.32. The van der Waals surface area contributed by atoms with Crippen LogP contribution < -0.4 is 15.4 Å². The molecule has 29 heavy (non-hydrogen) atoms. The van der Waals surface area contributed by atoms with E-state index in [1.54, 1.807) is 36.4 Å². The minimum atomic E-state index is -0.485. The van der Waals surface area contributed by atoms with Crippen LogP contribution >= 0.6 is 0 Å². The van der Waals surface area contributed by atoms with Crippen molar-refractivity contribution in [2.75, 3.05) is 13.2 Å². The molecule has 2 unspecified atom stereocenters. The number of aliphatic hydroxyl groups excluding tert-OH is 1. The van der Waals surface area contributed by atoms with Crippen LogP contribution in [0.5, 0.6) is 5.75 Å². The van der Waals surface area contributed by atoms with Crippen molar-refractivity contribution in [1.82, 2.24) is 10.6 Å². The van der Waals surface area contributed by atoms with Crippen LogP contribution in [0.15, 0.2) is 60.2 Å². The van der Waals surface area contributed by atoms with Crippen molar-refractivity contribution in [2.24, 2.45) is 0 Å². The summed E-state index contributed by atoms with van der Waals surface area (Å²) in [6.45, 7) is 0.506. The summed E-state index contributed by atoms with van der Waals surface area (Å²) in [6.07, 6.45) is 2.23. The minimum Gasteiger partial charge on any atom is -0.483 e. The minimum absolute atomic E-state index is 0.0864. The van der Waals surface area contributed by atoms with E-state index in [4.69, 9.17) is 9.84 Å². The number of aliphatic hydroxyl groups is 1. The summed E-state index contributed by atoms with van der Waals surface area (Å²) in [6, 6.07) is 12.2. The topological polar surface area (TPSA) is 70.6 Å². The van der Waals surface area contributed by atoms with Gasteiger partial charge in [0.1, 0.15) is 11.9 Å². The Hall–Kier alpha value is -2.77. The van der Waals surface area contributed by atoms with Gasteiger partial charge in [0.05, 0.1) is 6.61 Å². The van der Waals surface area contributed by atoms with Crippen molar-refractivity contribution in [1.29, 1.82) is 0 Å². The number of carbonyl (C=O) groups is 1. The fourth-order valence-corrected chi connectivity index (χ4v) is 3.25. The van der Waals surface area contributed by atoms with Gasteiger partial charge in [-0.2, -0.15) is 0 Å². The lowest BCUT2D eigenvalue weighted by Gasteiger charge is -2.29. The molecule has 0 aromatic heterocycles. The van der Waals surface area contributed by atoms with Crippen molar-refractivity contribution >= 4 is 5.91 Å². The quantitative estimate of drug-likeness (QED) is 0.635. The van der Waals surface area contributed by atoms with Crippen LogP contribution in [0.25, 0.3) is 0 Å². The number of hydrogen-bond donors (Lipinski definition) is 3. The van der Waals surface area contributed by atoms with Gasteiger partial charge in [-0.1, -0.05) is 24.3 Å². The van der Waals surface area contributed by atoms with Gasteiger partial charge in [-0.05, 0) is 42.3 Å². The standard InChI is InChI=1S/C22H24F2N2O3/c23-17-7-5-15(6-8-17)14-26-18-11-16(22(28)25-9-10-27)12-19(13-18)29-21-4-2-1-3-20(21)24/h1-8,12,18-19,26-27H,9-11,13-14H2,(H,25,28). The van der Waals surface area contributed by atoms with E-state index in [0.29, 0.717) is 25.0 Å². The third-order valence-electron chi connectivity index (χ3n) is 4.68. The number of nitrogens with one attached hydrogen (secondary N) is 2. The number of rotatable bonds is 8. The Balaban J connectivity index is 1.70. The van der Waals surface area contributed by atoms with Crippen LogP contribution in [0, 0.1) is 11.6 Å². The largest absolute Gasteiger partial charge is 0.483 e. The third kappa shape index (κ3) is 6.10. The van der Waals surface area contributed by atoms with E-state index in [0.717, 1.165) is 5.56 Å². The molecule has 1 aliphatic rings. The molecule has 0 heterocycles. The molecule has 154 valence electrons. The highest BCUT2D eigenvalue weighted by atomic mass is 19.1. The second kappa shape index (κ2) is 10.1. The first-order valence-corrected chi connectivity index (χ1v) is 9.54. The second-order valence-electron chi connectivity index (χ2n) is 6.90. The summed E-state index contributed by atoms with van der Waals surface area (Å²) in [5.74, 6) is -0.915. The van der Waals surface area contributed by atoms with Gasteiger partial charge < -0.3 is 20.5 Å². The third-order valence-corrected chi connectivity index (χ3v) is 4.68. The Morgan fingerprint density at radius 3 is 2.62 bits per heavy atom. The Morgan fingerprint density at radius 1 is 1.14 bits per heavy atom. The molecule has 2 aromatic carbocycles. The summed E-state index contributed by atoms with van der Waals surface area (Å²) < 4.78 is 32.8. The van der Waals surface area contributed by atoms with Gasteiger partial charge in [0.15, 0.2) is 11.6 Å². The Labute approximate surface area is 168 Å². The molecule has 7 heteroatoms. The van der Waals surface area contributed by atoms with Gasteiger partial charge in [-0.15, -0.1) is 0 Å². The Bertz CT molecular complexity index is 855. The molecule has 1 aliphatic carbocycles. The summed E-state index contributed by atoms with van der Waals surface area (Å²) in [4.78, 5) is 12.4. The van der Waals surface area contributed by atoms with Crippen molar-refractivity contribution in [3.63, 3.8) is 0 Å². The van der Waals surface area contributed by atoms with E-state index in [2.05, 4.69) is 10.6 Å². The summed E-state index contributed by atoms with van der Waals surface area (Å²) in [5, 5.41) is 14.9. The van der Waals surface area contributed by atoms with Crippen LogP contribution in [0.1, 0.15) is 18.4 Å². The zero-order valence-electron chi connectivity index (χ0n) is 15.9. The molecule has 1 amide bonds. The SMILES string of the molecule is O=C(NCCO)C1=CC(Oc2ccccc2F)CC(NCc2ccc(F)cc2)C1. The number of hydrogen-bond acceptors (Lipinski definition) is 4. The summed E-state index contributed by atoms with van der Waals surface area (Å²) >= 11 is 0. The van der Waals surface area contributed by atoms with Crippen molar-refractivity contribution in [3.05, 3.63) is 77.4 Å². The summed E-state index contributed by atoms with van der Waals surface area (Å²) in [5.41, 5.74) is 1.43. The van der Waals surface area contributed by atoms with E-state index in [9.17, 15) is 13.6 Å². The number of amides is 1. The lowest BCUT2D eigenvalue weighted by Crippen LogP contribution is -2.40. The molecule has 3 N–H and O–H groups in total. The smallest absolute Gasteiger partial charge is 0.247 e. The molecule has 0 aliphatic heterocycles. The first-order chi connectivity index (χ1) is 14.0. The molecule has 2 aromatic rings. The average molecular weight is 402 g/mol. The number of benzene rings is 2. The molecule has 0 bridgehead atoms. The molecule has 2 atom stereocenters. The predicted octanol–water partition coefficient (Wildman–Crippen LogP) is 2.70. The average Bonchev–Trinajstić information content (AvgIpc) is 2.73. The van der Waals surface area contributed by atoms with Gasteiger partial charge in [0.2, 0.25) is 5.91 Å². The molecule has 0 radical (unpaired) electrons. The van der Waals surface area contributed by atoms with E-state index in [1.807, 2.05) is 0 Å². The molecule has 0 saturated heterocycles. The lowest BCUT2D eigenvalue weighted by atomic mass is 9.91. The normalized spacial score (nSPS) is 18.8. The molecule has 0 fully saturated rings. The molecule has 0 spiro atoms. The molecule has 5 nitrogen and oxygen atoms in total. The highest BCUT2D eigenvalue weighted by Gasteiger charge is 2.27. The maximum absolute atomic E-state index is 14.0. The highest BCUT2D eigenvalue weighted by molar-refractivity contribution is 5.93. The van der Waals surface area contributed by atoms with Gasteiger partial charge >= 0.3 is 0 Å². The maximum atomic E-state index is 14.0. The zero-order chi connectivity index (χ0) is 20.6. The highest BCUT2D eigenvalue weighted by Crippen LogP contribution is 2.25. The fraction of sp³-hybridized carbons (Fsp3) is 0.318. The van der Waals surface area contributed by atoms with Crippen LogP contribution in [-0.4, -0.2) is 36.3 Å². The van der Waals surface area contributed by atoms with Gasteiger partial charge in [-0.25, -0.2) is 8.78 Å². The molecular formula is C22H24F2N2O3. The first-order valence-electron chi connectivity index (χ1n) is 9.54. The maximum Gasteiger partial charge on any atom is 0.247 e. The number of halogens is 2. The van der Waals surface area contributed by atoms with Gasteiger partial charge in [0, 0.05) is 31.1 Å². The van der Waals surface area contributed by atoms with Gasteiger partial charge in [-0.3, -0.25) is 4.79 Å². The second-order valence-corrected chi connectivity index (χ2v) is 6.90. The zero-order valence-corrected chi connectivity index (χ0v) is 15.9. The monoisotopic (exact) mass is 402 g/mol. The van der Waals surface area contributed by atoms with Crippen LogP contribution in [0.3, 0.4) is 0 Å². The lowest BCUT2D eigenvalue weighted by molar-refractivity contribution is -0.118. The Morgan fingerprint density at radius 2 is 1.90 bits per heavy atom. The van der Waals surface area contributed by atoms with E-state index in [-0.39, 0.29) is 36.7 Å². The number of para-hydroxylation sites is 1. The van der Waals surface area contributed by atoms with Crippen LogP contribution in [0.4, 0.5) is 8.78 Å². The van der Waals surface area contributed by atoms with Crippen LogP contribution in [-0.2, 0) is 11.3 Å². The first kappa shape index (κ1) is 21.0. The van der Waals surface area contributed by atoms with E-state index in [1.165, 1.54) is 18.2 Å². The van der Waals surface area contributed by atoms with Crippen LogP contribution in [0.2, 0.25) is 0 Å². The van der Waals surface area contributed by atoms with Crippen molar-refractivity contribution in [2.45, 2.75) is 31.5 Å². The summed E-state index contributed by atoms with van der Waals surface area (Å²) in [7, 11) is 0. The van der Waals surface area contributed by atoms with Crippen molar-refractivity contribution < 1.29 is 23.4 Å².